The highest BCUT2D eigenvalue weighted by molar-refractivity contribution is 6.02. The van der Waals surface area contributed by atoms with Crippen molar-refractivity contribution in [3.8, 4) is 0 Å². The molecule has 1 heterocycles. The Morgan fingerprint density at radius 3 is 2.45 bits per heavy atom. The van der Waals surface area contributed by atoms with Crippen molar-refractivity contribution in [2.75, 3.05) is 7.11 Å². The first-order valence-electron chi connectivity index (χ1n) is 10.8. The minimum Gasteiger partial charge on any atom is -0.493 e. The number of esters is 2. The maximum Gasteiger partial charge on any atom is 0.306 e. The lowest BCUT2D eigenvalue weighted by Crippen LogP contribution is -2.77. The third-order valence-electron chi connectivity index (χ3n) is 8.72. The van der Waals surface area contributed by atoms with Crippen LogP contribution in [0.5, 0.6) is 0 Å². The highest BCUT2D eigenvalue weighted by Crippen LogP contribution is 2.68. The van der Waals surface area contributed by atoms with Crippen LogP contribution in [0.15, 0.2) is 11.8 Å². The monoisotopic (exact) mass is 434 g/mol. The van der Waals surface area contributed by atoms with E-state index in [1.807, 2.05) is 13.8 Å². The number of Topliss-reactive ketones (excluding diaryl/α,β-unsaturated/α-hetero) is 2. The van der Waals surface area contributed by atoms with Gasteiger partial charge in [-0.3, -0.25) is 19.2 Å². The summed E-state index contributed by atoms with van der Waals surface area (Å²) in [5.74, 6) is -3.78. The fourth-order valence-electron chi connectivity index (χ4n) is 7.44. The van der Waals surface area contributed by atoms with Gasteiger partial charge < -0.3 is 19.3 Å². The molecule has 1 N–H and O–H groups in total. The van der Waals surface area contributed by atoms with Crippen molar-refractivity contribution in [3.05, 3.63) is 11.8 Å². The first-order chi connectivity index (χ1) is 14.3. The maximum atomic E-state index is 13.6. The number of aliphatic hydroxyl groups is 1. The molecule has 0 aromatic rings. The van der Waals surface area contributed by atoms with Gasteiger partial charge >= 0.3 is 11.9 Å². The van der Waals surface area contributed by atoms with Gasteiger partial charge in [-0.25, -0.2) is 0 Å². The highest BCUT2D eigenvalue weighted by Gasteiger charge is 2.76. The normalized spacial score (nSPS) is 48.7. The van der Waals surface area contributed by atoms with Crippen LogP contribution in [-0.4, -0.2) is 53.5 Å². The summed E-state index contributed by atoms with van der Waals surface area (Å²) in [6.07, 6.45) is -0.149. The summed E-state index contributed by atoms with van der Waals surface area (Å²) in [7, 11) is 1.43. The number of ketones is 2. The largest absolute Gasteiger partial charge is 0.493 e. The Labute approximate surface area is 181 Å². The molecule has 8 heteroatoms. The lowest BCUT2D eigenvalue weighted by molar-refractivity contribution is -0.272. The Hall–Kier alpha value is -2.22. The summed E-state index contributed by atoms with van der Waals surface area (Å²) in [6, 6.07) is 0. The van der Waals surface area contributed by atoms with Gasteiger partial charge in [0.2, 0.25) is 11.6 Å². The fraction of sp³-hybridized carbons (Fsp3) is 0.739. The van der Waals surface area contributed by atoms with Crippen molar-refractivity contribution in [2.45, 2.75) is 65.3 Å². The maximum absolute atomic E-state index is 13.6. The third-order valence-corrected chi connectivity index (χ3v) is 8.72. The van der Waals surface area contributed by atoms with Crippen LogP contribution in [-0.2, 0) is 33.4 Å². The molecule has 4 rings (SSSR count). The Morgan fingerprint density at radius 1 is 1.23 bits per heavy atom. The van der Waals surface area contributed by atoms with Gasteiger partial charge in [0.25, 0.3) is 0 Å². The molecule has 0 aromatic carbocycles. The molecule has 0 spiro atoms. The molecule has 0 amide bonds. The zero-order valence-corrected chi connectivity index (χ0v) is 18.8. The molecule has 3 fully saturated rings. The number of fused-ring (bicyclic) bond motifs is 2. The number of ether oxygens (including phenoxy) is 3. The van der Waals surface area contributed by atoms with Crippen molar-refractivity contribution in [1.29, 1.82) is 0 Å². The molecule has 3 aliphatic carbocycles. The van der Waals surface area contributed by atoms with Gasteiger partial charge in [-0.15, -0.1) is 0 Å². The second-order valence-electron chi connectivity index (χ2n) is 10.1. The molecule has 9 atom stereocenters. The second-order valence-corrected chi connectivity index (χ2v) is 10.1. The van der Waals surface area contributed by atoms with Crippen molar-refractivity contribution in [1.82, 2.24) is 0 Å². The summed E-state index contributed by atoms with van der Waals surface area (Å²) in [5.41, 5.74) is -3.76. The van der Waals surface area contributed by atoms with E-state index in [-0.39, 0.29) is 29.8 Å². The van der Waals surface area contributed by atoms with Crippen LogP contribution in [0.4, 0.5) is 0 Å². The average molecular weight is 434 g/mol. The van der Waals surface area contributed by atoms with E-state index in [1.54, 1.807) is 13.0 Å². The lowest BCUT2D eigenvalue weighted by Gasteiger charge is -2.68. The van der Waals surface area contributed by atoms with E-state index >= 15 is 0 Å². The van der Waals surface area contributed by atoms with E-state index in [4.69, 9.17) is 14.2 Å². The summed E-state index contributed by atoms with van der Waals surface area (Å²) < 4.78 is 16.6. The predicted octanol–water partition coefficient (Wildman–Crippen LogP) is 1.58. The predicted molar refractivity (Wildman–Crippen MR) is 106 cm³/mol. The average Bonchev–Trinajstić information content (AvgIpc) is 2.67. The van der Waals surface area contributed by atoms with Gasteiger partial charge in [0, 0.05) is 29.6 Å². The second kappa shape index (κ2) is 6.64. The van der Waals surface area contributed by atoms with E-state index in [2.05, 4.69) is 0 Å². The van der Waals surface area contributed by atoms with Crippen molar-refractivity contribution >= 4 is 23.5 Å². The van der Waals surface area contributed by atoms with Gasteiger partial charge in [-0.2, -0.15) is 0 Å². The number of carbonyl (C=O) groups is 4. The molecule has 2 saturated carbocycles. The lowest BCUT2D eigenvalue weighted by atomic mass is 9.37. The molecule has 31 heavy (non-hydrogen) atoms. The molecule has 0 aromatic heterocycles. The van der Waals surface area contributed by atoms with Crippen LogP contribution in [0.3, 0.4) is 0 Å². The first kappa shape index (κ1) is 22.0. The van der Waals surface area contributed by atoms with Crippen molar-refractivity contribution in [3.63, 3.8) is 0 Å². The molecule has 8 nitrogen and oxygen atoms in total. The molecule has 1 saturated heterocycles. The molecule has 0 radical (unpaired) electrons. The topological polar surface area (TPSA) is 116 Å². The van der Waals surface area contributed by atoms with Crippen molar-refractivity contribution < 1.29 is 38.5 Å². The molecular formula is C23H30O8. The number of methoxy groups -OCH3 is 1. The van der Waals surface area contributed by atoms with E-state index in [0.717, 1.165) is 0 Å². The number of carbonyl (C=O) groups excluding carboxylic acids is 4. The summed E-state index contributed by atoms with van der Waals surface area (Å²) in [4.78, 5) is 51.6. The van der Waals surface area contributed by atoms with Crippen LogP contribution in [0.1, 0.15) is 47.5 Å². The van der Waals surface area contributed by atoms with Gasteiger partial charge in [-0.1, -0.05) is 20.8 Å². The molecular weight excluding hydrogens is 404 g/mol. The molecule has 0 unspecified atom stereocenters. The number of hydrogen-bond donors (Lipinski definition) is 1. The smallest absolute Gasteiger partial charge is 0.306 e. The van der Waals surface area contributed by atoms with Crippen LogP contribution in [0, 0.1) is 34.5 Å². The highest BCUT2D eigenvalue weighted by atomic mass is 16.6. The minimum atomic E-state index is -1.69. The molecule has 0 bridgehead atoms. The van der Waals surface area contributed by atoms with E-state index in [9.17, 15) is 24.3 Å². The van der Waals surface area contributed by atoms with Gasteiger partial charge in [-0.05, 0) is 31.3 Å². The zero-order chi connectivity index (χ0) is 23.1. The van der Waals surface area contributed by atoms with Crippen LogP contribution >= 0.6 is 0 Å². The standard InChI is InChI=1S/C23H30O8/c1-10-7-13(29-6)19(27)21(3)12(10)8-15-22(4)14(9-16(25)30-15)23(5,31-11(2)24)20(28)17(26)18(21)22/h7,10,12,14-15,17-18,26H,8-9H2,1-6H3/t10-,12+,14-,15-,17+,18-,21+,22-,23+/m1/s1. The van der Waals surface area contributed by atoms with E-state index in [0.29, 0.717) is 6.42 Å². The van der Waals surface area contributed by atoms with E-state index < -0.39 is 58.2 Å². The van der Waals surface area contributed by atoms with E-state index in [1.165, 1.54) is 21.0 Å². The SMILES string of the molecule is COC1=C[C@@H](C)[C@@H]2C[C@H]3OC(=O)C[C@@H]4[C@@]3(C)[C@H]([C@H](O)C(=O)[C@@]4(C)OC(C)=O)[C@@]2(C)C1=O. The van der Waals surface area contributed by atoms with Gasteiger partial charge in [0.05, 0.1) is 13.5 Å². The zero-order valence-electron chi connectivity index (χ0n) is 18.8. The third kappa shape index (κ3) is 2.57. The molecule has 1 aliphatic heterocycles. The Morgan fingerprint density at radius 2 is 1.87 bits per heavy atom. The molecule has 170 valence electrons. The number of rotatable bonds is 2. The fourth-order valence-corrected chi connectivity index (χ4v) is 7.44. The van der Waals surface area contributed by atoms with Crippen LogP contribution in [0.25, 0.3) is 0 Å². The quantitative estimate of drug-likeness (QED) is 0.651. The summed E-state index contributed by atoms with van der Waals surface area (Å²) in [6.45, 7) is 8.24. The summed E-state index contributed by atoms with van der Waals surface area (Å²) in [5, 5.41) is 11.4. The molecule has 4 aliphatic rings. The van der Waals surface area contributed by atoms with Gasteiger partial charge in [0.15, 0.2) is 11.4 Å². The van der Waals surface area contributed by atoms with Gasteiger partial charge in [0.1, 0.15) is 12.2 Å². The Balaban J connectivity index is 1.95. The minimum absolute atomic E-state index is 0.0923. The number of allylic oxidation sites excluding steroid dienone is 2. The first-order valence-corrected chi connectivity index (χ1v) is 10.8. The number of hydrogen-bond acceptors (Lipinski definition) is 8. The van der Waals surface area contributed by atoms with Crippen molar-refractivity contribution in [2.24, 2.45) is 34.5 Å². The summed E-state index contributed by atoms with van der Waals surface area (Å²) >= 11 is 0. The Kier molecular flexibility index (Phi) is 4.71. The van der Waals surface area contributed by atoms with Crippen LogP contribution < -0.4 is 0 Å². The van der Waals surface area contributed by atoms with Crippen LogP contribution in [0.2, 0.25) is 0 Å². The number of aliphatic hydroxyl groups excluding tert-OH is 1. The Bertz CT molecular complexity index is 907.